The minimum absolute atomic E-state index is 0.115. The topological polar surface area (TPSA) is 89.3 Å². The van der Waals surface area contributed by atoms with E-state index in [9.17, 15) is 17.6 Å². The Morgan fingerprint density at radius 1 is 1.22 bits per heavy atom. The fraction of sp³-hybridized carbons (Fsp3) is 0.188. The van der Waals surface area contributed by atoms with Gasteiger partial charge in [-0.3, -0.25) is 4.79 Å². The van der Waals surface area contributed by atoms with Crippen molar-refractivity contribution in [1.29, 1.82) is 0 Å². The van der Waals surface area contributed by atoms with Gasteiger partial charge in [-0.05, 0) is 42.7 Å². The Morgan fingerprint density at radius 3 is 2.43 bits per heavy atom. The van der Waals surface area contributed by atoms with Gasteiger partial charge < -0.3 is 5.73 Å². The van der Waals surface area contributed by atoms with Crippen molar-refractivity contribution in [3.05, 3.63) is 65.5 Å². The lowest BCUT2D eigenvalue weighted by Gasteiger charge is -2.16. The van der Waals surface area contributed by atoms with E-state index >= 15 is 0 Å². The summed E-state index contributed by atoms with van der Waals surface area (Å²) in [6, 6.07) is 11.3. The van der Waals surface area contributed by atoms with Crippen LogP contribution in [0.5, 0.6) is 0 Å². The number of rotatable bonds is 6. The number of aryl methyl sites for hydroxylation is 1. The highest BCUT2D eigenvalue weighted by Gasteiger charge is 2.24. The number of hydrogen-bond acceptors (Lipinski definition) is 3. The number of amides is 1. The van der Waals surface area contributed by atoms with E-state index in [1.54, 1.807) is 24.3 Å². The number of primary amides is 1. The van der Waals surface area contributed by atoms with E-state index in [-0.39, 0.29) is 16.9 Å². The first-order valence-corrected chi connectivity index (χ1v) is 8.39. The van der Waals surface area contributed by atoms with Gasteiger partial charge in [0.25, 0.3) is 0 Å². The zero-order valence-corrected chi connectivity index (χ0v) is 13.3. The molecule has 0 aliphatic carbocycles. The van der Waals surface area contributed by atoms with Crippen molar-refractivity contribution in [1.82, 2.24) is 4.72 Å². The highest BCUT2D eigenvalue weighted by Crippen LogP contribution is 2.15. The lowest BCUT2D eigenvalue weighted by atomic mass is 10.1. The fourth-order valence-corrected chi connectivity index (χ4v) is 3.38. The number of halogens is 1. The summed E-state index contributed by atoms with van der Waals surface area (Å²) in [6.45, 7) is 1.46. The quantitative estimate of drug-likeness (QED) is 0.838. The molecule has 0 heterocycles. The first kappa shape index (κ1) is 17.1. The van der Waals surface area contributed by atoms with Crippen LogP contribution in [0.4, 0.5) is 4.39 Å². The first-order valence-electron chi connectivity index (χ1n) is 6.91. The molecule has 1 atom stereocenters. The van der Waals surface area contributed by atoms with Crippen LogP contribution in [-0.4, -0.2) is 20.4 Å². The molecule has 5 nitrogen and oxygen atoms in total. The lowest BCUT2D eigenvalue weighted by molar-refractivity contribution is -0.119. The molecule has 3 N–H and O–H groups in total. The van der Waals surface area contributed by atoms with E-state index in [2.05, 4.69) is 4.72 Å². The predicted octanol–water partition coefficient (Wildman–Crippen LogP) is 1.51. The van der Waals surface area contributed by atoms with Crippen LogP contribution in [-0.2, 0) is 21.2 Å². The number of sulfonamides is 1. The largest absolute Gasteiger partial charge is 0.368 e. The molecule has 0 radical (unpaired) electrons. The molecule has 0 saturated carbocycles. The van der Waals surface area contributed by atoms with Crippen LogP contribution in [0.3, 0.4) is 0 Å². The van der Waals surface area contributed by atoms with E-state index < -0.39 is 27.8 Å². The fourth-order valence-electron chi connectivity index (χ4n) is 2.09. The van der Waals surface area contributed by atoms with Crippen LogP contribution >= 0.6 is 0 Å². The molecule has 0 saturated heterocycles. The number of nitrogens with one attached hydrogen (secondary N) is 1. The first-order chi connectivity index (χ1) is 10.8. The van der Waals surface area contributed by atoms with E-state index in [4.69, 9.17) is 5.73 Å². The maximum absolute atomic E-state index is 13.3. The third-order valence-corrected chi connectivity index (χ3v) is 4.83. The van der Waals surface area contributed by atoms with Gasteiger partial charge in [-0.25, -0.2) is 12.8 Å². The lowest BCUT2D eigenvalue weighted by Crippen LogP contribution is -2.45. The van der Waals surface area contributed by atoms with Gasteiger partial charge in [0, 0.05) is 0 Å². The molecular weight excluding hydrogens is 319 g/mol. The minimum Gasteiger partial charge on any atom is -0.368 e. The SMILES string of the molecule is Cc1cc(S(=O)(=O)N[C@H](Cc2ccccc2)C(N)=O)ccc1F. The van der Waals surface area contributed by atoms with Crippen LogP contribution in [0.2, 0.25) is 0 Å². The third-order valence-electron chi connectivity index (χ3n) is 3.36. The highest BCUT2D eigenvalue weighted by atomic mass is 32.2. The van der Waals surface area contributed by atoms with Crippen LogP contribution in [0.25, 0.3) is 0 Å². The van der Waals surface area contributed by atoms with Crippen LogP contribution in [0.1, 0.15) is 11.1 Å². The van der Waals surface area contributed by atoms with Crippen LogP contribution < -0.4 is 10.5 Å². The van der Waals surface area contributed by atoms with Gasteiger partial charge in [0.1, 0.15) is 11.9 Å². The second-order valence-corrected chi connectivity index (χ2v) is 6.89. The summed E-state index contributed by atoms with van der Waals surface area (Å²) in [7, 11) is -3.98. The Hall–Kier alpha value is -2.25. The summed E-state index contributed by atoms with van der Waals surface area (Å²) in [5.41, 5.74) is 6.27. The number of carbonyl (C=O) groups is 1. The molecule has 122 valence electrons. The molecule has 0 aliphatic heterocycles. The highest BCUT2D eigenvalue weighted by molar-refractivity contribution is 7.89. The summed E-state index contributed by atoms with van der Waals surface area (Å²) < 4.78 is 40.3. The maximum atomic E-state index is 13.3. The molecule has 0 aromatic heterocycles. The summed E-state index contributed by atoms with van der Waals surface area (Å²) in [5.74, 6) is -1.28. The normalized spacial score (nSPS) is 12.8. The Labute approximate surface area is 134 Å². The van der Waals surface area contributed by atoms with Crippen LogP contribution in [0.15, 0.2) is 53.4 Å². The van der Waals surface area contributed by atoms with Crippen molar-refractivity contribution in [2.24, 2.45) is 5.73 Å². The molecule has 2 rings (SSSR count). The summed E-state index contributed by atoms with van der Waals surface area (Å²) >= 11 is 0. The van der Waals surface area contributed by atoms with E-state index in [1.807, 2.05) is 6.07 Å². The van der Waals surface area contributed by atoms with Crippen molar-refractivity contribution in [2.75, 3.05) is 0 Å². The smallest absolute Gasteiger partial charge is 0.241 e. The second kappa shape index (κ2) is 6.89. The molecule has 23 heavy (non-hydrogen) atoms. The zero-order chi connectivity index (χ0) is 17.0. The van der Waals surface area contributed by atoms with E-state index in [0.29, 0.717) is 0 Å². The maximum Gasteiger partial charge on any atom is 0.241 e. The van der Waals surface area contributed by atoms with Crippen molar-refractivity contribution in [2.45, 2.75) is 24.3 Å². The second-order valence-electron chi connectivity index (χ2n) is 5.18. The minimum atomic E-state index is -3.98. The Bertz CT molecular complexity index is 807. The molecule has 0 unspecified atom stereocenters. The molecule has 1 amide bonds. The van der Waals surface area contributed by atoms with Gasteiger partial charge >= 0.3 is 0 Å². The third kappa shape index (κ3) is 4.37. The molecule has 0 spiro atoms. The van der Waals surface area contributed by atoms with E-state index in [0.717, 1.165) is 17.7 Å². The van der Waals surface area contributed by atoms with E-state index in [1.165, 1.54) is 13.0 Å². The molecule has 7 heteroatoms. The van der Waals surface area contributed by atoms with Crippen molar-refractivity contribution in [3.8, 4) is 0 Å². The summed E-state index contributed by atoms with van der Waals surface area (Å²) in [5, 5.41) is 0. The average Bonchev–Trinajstić information content (AvgIpc) is 2.50. The molecule has 2 aromatic carbocycles. The zero-order valence-electron chi connectivity index (χ0n) is 12.5. The monoisotopic (exact) mass is 336 g/mol. The van der Waals surface area contributed by atoms with Crippen molar-refractivity contribution in [3.63, 3.8) is 0 Å². The standard InChI is InChI=1S/C16H17FN2O3S/c1-11-9-13(7-8-14(11)17)23(21,22)19-15(16(18)20)10-12-5-3-2-4-6-12/h2-9,15,19H,10H2,1H3,(H2,18,20)/t15-/m1/s1. The van der Waals surface area contributed by atoms with Gasteiger partial charge in [-0.15, -0.1) is 0 Å². The van der Waals surface area contributed by atoms with Gasteiger partial charge in [-0.1, -0.05) is 30.3 Å². The number of hydrogen-bond donors (Lipinski definition) is 2. The molecular formula is C16H17FN2O3S. The number of carbonyl (C=O) groups excluding carboxylic acids is 1. The summed E-state index contributed by atoms with van der Waals surface area (Å²) in [4.78, 5) is 11.5. The predicted molar refractivity (Wildman–Crippen MR) is 84.6 cm³/mol. The number of nitrogens with two attached hydrogens (primary N) is 1. The van der Waals surface area contributed by atoms with Gasteiger partial charge in [0.2, 0.25) is 15.9 Å². The summed E-state index contributed by atoms with van der Waals surface area (Å²) in [6.07, 6.45) is 0.135. The Kier molecular flexibility index (Phi) is 5.12. The average molecular weight is 336 g/mol. The Morgan fingerprint density at radius 2 is 1.87 bits per heavy atom. The van der Waals surface area contributed by atoms with Crippen molar-refractivity contribution < 1.29 is 17.6 Å². The molecule has 2 aromatic rings. The molecule has 0 aliphatic rings. The Balaban J connectivity index is 2.24. The number of benzene rings is 2. The van der Waals surface area contributed by atoms with Gasteiger partial charge in [0.05, 0.1) is 4.90 Å². The van der Waals surface area contributed by atoms with Gasteiger partial charge in [-0.2, -0.15) is 4.72 Å². The van der Waals surface area contributed by atoms with Crippen molar-refractivity contribution >= 4 is 15.9 Å². The van der Waals surface area contributed by atoms with Crippen LogP contribution in [0, 0.1) is 12.7 Å². The van der Waals surface area contributed by atoms with Gasteiger partial charge in [0.15, 0.2) is 0 Å². The molecule has 0 fully saturated rings. The molecule has 0 bridgehead atoms.